The Morgan fingerprint density at radius 3 is 2.67 bits per heavy atom. The van der Waals surface area contributed by atoms with E-state index < -0.39 is 5.97 Å². The summed E-state index contributed by atoms with van der Waals surface area (Å²) in [4.78, 5) is 14.7. The molecular weight excluding hydrogens is 296 g/mol. The number of hydrogen-bond donors (Lipinski definition) is 2. The summed E-state index contributed by atoms with van der Waals surface area (Å²) >= 11 is 3.45. The standard InChI is InChI=1S/C13H11BrN2O2/c1-8-2-4-10(6-11(8)14)16-12-5-3-9(7-15-12)13(17)18/h2-7H,1H3,(H,15,16)(H,17,18). The first-order valence-corrected chi connectivity index (χ1v) is 6.08. The van der Waals surface area contributed by atoms with Crippen molar-refractivity contribution in [3.05, 3.63) is 52.1 Å². The third-order valence-electron chi connectivity index (χ3n) is 2.45. The number of carbonyl (C=O) groups is 1. The van der Waals surface area contributed by atoms with Crippen LogP contribution in [0.2, 0.25) is 0 Å². The van der Waals surface area contributed by atoms with Crippen LogP contribution >= 0.6 is 15.9 Å². The number of pyridine rings is 1. The summed E-state index contributed by atoms with van der Waals surface area (Å²) in [6, 6.07) is 9.02. The molecule has 2 rings (SSSR count). The van der Waals surface area contributed by atoms with Gasteiger partial charge < -0.3 is 10.4 Å². The number of nitrogens with one attached hydrogen (secondary N) is 1. The van der Waals surface area contributed by atoms with Crippen molar-refractivity contribution < 1.29 is 9.90 Å². The molecule has 0 spiro atoms. The normalized spacial score (nSPS) is 10.1. The molecule has 1 heterocycles. The number of hydrogen-bond acceptors (Lipinski definition) is 3. The Kier molecular flexibility index (Phi) is 3.62. The van der Waals surface area contributed by atoms with E-state index in [-0.39, 0.29) is 5.56 Å². The number of rotatable bonds is 3. The summed E-state index contributed by atoms with van der Waals surface area (Å²) < 4.78 is 1.01. The lowest BCUT2D eigenvalue weighted by Crippen LogP contribution is -1.99. The number of aromatic carboxylic acids is 1. The minimum atomic E-state index is -0.980. The largest absolute Gasteiger partial charge is 0.478 e. The first-order chi connectivity index (χ1) is 8.56. The maximum Gasteiger partial charge on any atom is 0.337 e. The summed E-state index contributed by atoms with van der Waals surface area (Å²) in [6.45, 7) is 2.01. The molecule has 0 unspecified atom stereocenters. The number of anilines is 2. The molecule has 0 aliphatic carbocycles. The first-order valence-electron chi connectivity index (χ1n) is 5.29. The predicted octanol–water partition coefficient (Wildman–Crippen LogP) is 3.59. The molecular formula is C13H11BrN2O2. The molecule has 0 aliphatic rings. The van der Waals surface area contributed by atoms with Gasteiger partial charge in [0.1, 0.15) is 5.82 Å². The number of benzene rings is 1. The van der Waals surface area contributed by atoms with E-state index in [2.05, 4.69) is 26.2 Å². The lowest BCUT2D eigenvalue weighted by Gasteiger charge is -2.07. The van der Waals surface area contributed by atoms with Gasteiger partial charge in [0.05, 0.1) is 5.56 Å². The summed E-state index contributed by atoms with van der Waals surface area (Å²) in [7, 11) is 0. The molecule has 2 N–H and O–H groups in total. The molecule has 18 heavy (non-hydrogen) atoms. The van der Waals surface area contributed by atoms with Crippen LogP contribution in [0.3, 0.4) is 0 Å². The first kappa shape index (κ1) is 12.6. The van der Waals surface area contributed by atoms with Crippen molar-refractivity contribution in [2.45, 2.75) is 6.92 Å². The van der Waals surface area contributed by atoms with Crippen LogP contribution in [0.5, 0.6) is 0 Å². The highest BCUT2D eigenvalue weighted by Crippen LogP contribution is 2.22. The highest BCUT2D eigenvalue weighted by molar-refractivity contribution is 9.10. The average Bonchev–Trinajstić information content (AvgIpc) is 2.34. The number of aryl methyl sites for hydroxylation is 1. The Morgan fingerprint density at radius 1 is 1.33 bits per heavy atom. The molecule has 4 nitrogen and oxygen atoms in total. The lowest BCUT2D eigenvalue weighted by molar-refractivity contribution is 0.0696. The minimum Gasteiger partial charge on any atom is -0.478 e. The fourth-order valence-electron chi connectivity index (χ4n) is 1.41. The topological polar surface area (TPSA) is 62.2 Å². The van der Waals surface area contributed by atoms with Gasteiger partial charge in [-0.2, -0.15) is 0 Å². The lowest BCUT2D eigenvalue weighted by atomic mass is 10.2. The van der Waals surface area contributed by atoms with E-state index in [1.165, 1.54) is 12.3 Å². The Bertz CT molecular complexity index is 582. The SMILES string of the molecule is Cc1ccc(Nc2ccc(C(=O)O)cn2)cc1Br. The van der Waals surface area contributed by atoms with Gasteiger partial charge >= 0.3 is 5.97 Å². The number of carboxylic acid groups (broad SMARTS) is 1. The van der Waals surface area contributed by atoms with Crippen molar-refractivity contribution >= 4 is 33.4 Å². The van der Waals surface area contributed by atoms with Crippen LogP contribution < -0.4 is 5.32 Å². The maximum absolute atomic E-state index is 10.7. The molecule has 0 bridgehead atoms. The molecule has 0 fully saturated rings. The molecule has 92 valence electrons. The summed E-state index contributed by atoms with van der Waals surface area (Å²) in [6.07, 6.45) is 1.33. The van der Waals surface area contributed by atoms with Gasteiger partial charge in [0.2, 0.25) is 0 Å². The maximum atomic E-state index is 10.7. The van der Waals surface area contributed by atoms with Crippen LogP contribution in [0.4, 0.5) is 11.5 Å². The van der Waals surface area contributed by atoms with E-state index in [9.17, 15) is 4.79 Å². The molecule has 0 amide bonds. The fourth-order valence-corrected chi connectivity index (χ4v) is 1.79. The smallest absolute Gasteiger partial charge is 0.337 e. The van der Waals surface area contributed by atoms with Gasteiger partial charge in [-0.15, -0.1) is 0 Å². The second kappa shape index (κ2) is 5.18. The highest BCUT2D eigenvalue weighted by atomic mass is 79.9. The Hall–Kier alpha value is -1.88. The van der Waals surface area contributed by atoms with Crippen molar-refractivity contribution in [3.8, 4) is 0 Å². The predicted molar refractivity (Wildman–Crippen MR) is 73.4 cm³/mol. The molecule has 0 radical (unpaired) electrons. The number of aromatic nitrogens is 1. The van der Waals surface area contributed by atoms with Crippen molar-refractivity contribution in [3.63, 3.8) is 0 Å². The molecule has 0 atom stereocenters. The van der Waals surface area contributed by atoms with Crippen molar-refractivity contribution in [2.75, 3.05) is 5.32 Å². The Labute approximate surface area is 113 Å². The van der Waals surface area contributed by atoms with E-state index in [0.717, 1.165) is 15.7 Å². The van der Waals surface area contributed by atoms with E-state index in [0.29, 0.717) is 5.82 Å². The van der Waals surface area contributed by atoms with Crippen LogP contribution in [0, 0.1) is 6.92 Å². The van der Waals surface area contributed by atoms with Crippen LogP contribution in [-0.2, 0) is 0 Å². The molecule has 2 aromatic rings. The van der Waals surface area contributed by atoms with E-state index >= 15 is 0 Å². The van der Waals surface area contributed by atoms with Gasteiger partial charge in [0.15, 0.2) is 0 Å². The fraction of sp³-hybridized carbons (Fsp3) is 0.0769. The van der Waals surface area contributed by atoms with Crippen LogP contribution in [0.1, 0.15) is 15.9 Å². The third kappa shape index (κ3) is 2.87. The zero-order valence-corrected chi connectivity index (χ0v) is 11.2. The van der Waals surface area contributed by atoms with Crippen molar-refractivity contribution in [1.29, 1.82) is 0 Å². The quantitative estimate of drug-likeness (QED) is 0.909. The second-order valence-corrected chi connectivity index (χ2v) is 4.68. The van der Waals surface area contributed by atoms with Crippen molar-refractivity contribution in [1.82, 2.24) is 4.98 Å². The van der Waals surface area contributed by atoms with Crippen molar-refractivity contribution in [2.24, 2.45) is 0 Å². The summed E-state index contributed by atoms with van der Waals surface area (Å²) in [5, 5.41) is 11.9. The number of nitrogens with zero attached hydrogens (tertiary/aromatic N) is 1. The van der Waals surface area contributed by atoms with Gasteiger partial charge in [-0.05, 0) is 36.8 Å². The van der Waals surface area contributed by atoms with E-state index in [4.69, 9.17) is 5.11 Å². The number of carboxylic acids is 1. The molecule has 1 aromatic carbocycles. The van der Waals surface area contributed by atoms with Gasteiger partial charge in [-0.3, -0.25) is 0 Å². The summed E-state index contributed by atoms with van der Waals surface area (Å²) in [5.41, 5.74) is 2.21. The minimum absolute atomic E-state index is 0.172. The summed E-state index contributed by atoms with van der Waals surface area (Å²) in [5.74, 6) is -0.372. The number of halogens is 1. The van der Waals surface area contributed by atoms with Gasteiger partial charge in [-0.1, -0.05) is 22.0 Å². The van der Waals surface area contributed by atoms with Crippen LogP contribution in [-0.4, -0.2) is 16.1 Å². The molecule has 1 aromatic heterocycles. The van der Waals surface area contributed by atoms with Gasteiger partial charge in [0, 0.05) is 16.4 Å². The highest BCUT2D eigenvalue weighted by Gasteiger charge is 2.03. The molecule has 0 saturated carbocycles. The van der Waals surface area contributed by atoms with E-state index in [1.807, 2.05) is 25.1 Å². The third-order valence-corrected chi connectivity index (χ3v) is 3.31. The Balaban J connectivity index is 2.18. The van der Waals surface area contributed by atoms with Gasteiger partial charge in [0.25, 0.3) is 0 Å². The van der Waals surface area contributed by atoms with Crippen LogP contribution in [0.15, 0.2) is 41.0 Å². The second-order valence-electron chi connectivity index (χ2n) is 3.83. The average molecular weight is 307 g/mol. The zero-order chi connectivity index (χ0) is 13.1. The van der Waals surface area contributed by atoms with E-state index in [1.54, 1.807) is 6.07 Å². The Morgan fingerprint density at radius 2 is 2.11 bits per heavy atom. The monoisotopic (exact) mass is 306 g/mol. The molecule has 0 aliphatic heterocycles. The van der Waals surface area contributed by atoms with Gasteiger partial charge in [-0.25, -0.2) is 9.78 Å². The van der Waals surface area contributed by atoms with Crippen LogP contribution in [0.25, 0.3) is 0 Å². The molecule has 0 saturated heterocycles. The molecule has 5 heteroatoms. The zero-order valence-electron chi connectivity index (χ0n) is 9.64.